The minimum absolute atomic E-state index is 0.0536. The van der Waals surface area contributed by atoms with E-state index in [1.54, 1.807) is 38.2 Å². The maximum Gasteiger partial charge on any atom is 0.325 e. The van der Waals surface area contributed by atoms with E-state index in [9.17, 15) is 52.9 Å². The average molecular weight is 902 g/mol. The molecule has 0 aliphatic carbocycles. The van der Waals surface area contributed by atoms with Crippen molar-refractivity contribution in [1.82, 2.24) is 26.1 Å². The van der Waals surface area contributed by atoms with Crippen molar-refractivity contribution in [3.63, 3.8) is 0 Å². The van der Waals surface area contributed by atoms with Crippen LogP contribution in [0.4, 0.5) is 8.78 Å². The lowest BCUT2D eigenvalue weighted by atomic mass is 9.84. The number of esters is 1. The Morgan fingerprint density at radius 2 is 1.72 bits per heavy atom. The van der Waals surface area contributed by atoms with Crippen molar-refractivity contribution in [1.29, 1.82) is 0 Å². The van der Waals surface area contributed by atoms with Gasteiger partial charge >= 0.3 is 5.97 Å². The quantitative estimate of drug-likeness (QED) is 0.146. The highest BCUT2D eigenvalue weighted by molar-refractivity contribution is 5.93. The number of fused-ring (bicyclic) bond motifs is 2. The molecule has 0 saturated carbocycles. The fourth-order valence-electron chi connectivity index (χ4n) is 7.78. The minimum atomic E-state index is -1.51. The van der Waals surface area contributed by atoms with E-state index in [1.807, 2.05) is 13.8 Å². The number of cyclic esters (lactones) is 1. The van der Waals surface area contributed by atoms with Crippen LogP contribution in [0.15, 0.2) is 48.1 Å². The number of ketones is 1. The standard InChI is InChI=1S/C46H65F2N5O11/c1-26(2)41-44(60)49-35(24-31-23-33(47)40(48)37(56)25-31)45(61)52-20-12-13-34(51-52)46(62)64-38(29(5)27(3)16-19-39(57)53-21-10-11-22-63-53)15-9-7-8-14-36(55)30(6)42(58)32(43(59)50-41)18-17-28(4)54/h7-9,14,16,23,25-26,29-30,32,34-36,38,41-42,51,55-56,58H,10-13,15,17-22,24H2,1-6H3,(H,49,60)(H,50,59). The lowest BCUT2D eigenvalue weighted by Crippen LogP contribution is -2.62. The van der Waals surface area contributed by atoms with Gasteiger partial charge in [-0.25, -0.2) is 14.9 Å². The molecule has 2 saturated heterocycles. The lowest BCUT2D eigenvalue weighted by molar-refractivity contribution is -0.196. The normalized spacial score (nSPS) is 27.8. The van der Waals surface area contributed by atoms with Gasteiger partial charge in [0, 0.05) is 50.6 Å². The van der Waals surface area contributed by atoms with Crippen LogP contribution in [-0.2, 0) is 44.8 Å². The number of hydrazine groups is 1. The van der Waals surface area contributed by atoms with Gasteiger partial charge in [0.15, 0.2) is 17.4 Å². The third kappa shape index (κ3) is 14.5. The zero-order chi connectivity index (χ0) is 47.2. The van der Waals surface area contributed by atoms with Gasteiger partial charge in [-0.05, 0) is 69.6 Å². The van der Waals surface area contributed by atoms with Crippen molar-refractivity contribution in [2.75, 3.05) is 19.7 Å². The molecule has 18 heteroatoms. The van der Waals surface area contributed by atoms with Gasteiger partial charge in [0.05, 0.1) is 24.7 Å². The first-order chi connectivity index (χ1) is 30.3. The Kier molecular flexibility index (Phi) is 19.6. The fourth-order valence-corrected chi connectivity index (χ4v) is 7.78. The number of aliphatic hydroxyl groups is 2. The second-order valence-electron chi connectivity index (χ2n) is 17.4. The van der Waals surface area contributed by atoms with Crippen molar-refractivity contribution < 1.29 is 62.4 Å². The van der Waals surface area contributed by atoms with E-state index in [4.69, 9.17) is 9.57 Å². The van der Waals surface area contributed by atoms with Crippen LogP contribution in [0, 0.1) is 35.3 Å². The van der Waals surface area contributed by atoms with E-state index < -0.39 is 108 Å². The molecule has 1 aromatic carbocycles. The number of phenolic OH excluding ortho intramolecular Hbond substituents is 1. The van der Waals surface area contributed by atoms with Crippen LogP contribution in [0.25, 0.3) is 0 Å². The summed E-state index contributed by atoms with van der Waals surface area (Å²) >= 11 is 0. The summed E-state index contributed by atoms with van der Waals surface area (Å²) < 4.78 is 34.7. The number of nitrogens with one attached hydrogen (secondary N) is 3. The SMILES string of the molecule is CC(=O)CCC1C(=O)NC(C(C)C)C(=O)NC(Cc2cc(O)c(F)c(F)c2)C(=O)N2CCCC(N2)C(=O)OC(C(C)C(C)=CCC(=O)N2CCCCO2)CC=CC=CC(O)C(C)C1O. The number of aromatic hydroxyl groups is 1. The molecular weight excluding hydrogens is 837 g/mol. The molecule has 0 aromatic heterocycles. The van der Waals surface area contributed by atoms with Gasteiger partial charge in [-0.15, -0.1) is 0 Å². The average Bonchev–Trinajstić information content (AvgIpc) is 3.26. The van der Waals surface area contributed by atoms with Gasteiger partial charge in [-0.1, -0.05) is 63.6 Å². The number of carbonyl (C=O) groups is 6. The number of rotatable bonds is 10. The molecule has 3 heterocycles. The number of carbonyl (C=O) groups excluding carboxylic acids is 6. The molecule has 354 valence electrons. The second kappa shape index (κ2) is 24.3. The van der Waals surface area contributed by atoms with Crippen LogP contribution >= 0.6 is 0 Å². The van der Waals surface area contributed by atoms with E-state index in [2.05, 4.69) is 16.1 Å². The highest BCUT2D eigenvalue weighted by Gasteiger charge is 2.39. The van der Waals surface area contributed by atoms with E-state index in [1.165, 1.54) is 25.0 Å². The molecule has 4 amide bonds. The summed E-state index contributed by atoms with van der Waals surface area (Å²) in [6.07, 6.45) is 6.49. The van der Waals surface area contributed by atoms with Crippen LogP contribution in [0.1, 0.15) is 98.5 Å². The van der Waals surface area contributed by atoms with Crippen LogP contribution in [0.3, 0.4) is 0 Å². The van der Waals surface area contributed by atoms with Crippen LogP contribution < -0.4 is 16.1 Å². The van der Waals surface area contributed by atoms with Gasteiger partial charge in [-0.2, -0.15) is 4.39 Å². The minimum Gasteiger partial charge on any atom is -0.505 e. The molecule has 0 radical (unpaired) electrons. The number of amides is 4. The maximum atomic E-state index is 14.5. The fraction of sp³-hybridized carbons (Fsp3) is 0.609. The molecule has 16 nitrogen and oxygen atoms in total. The molecule has 4 rings (SSSR count). The summed E-state index contributed by atoms with van der Waals surface area (Å²) in [7, 11) is 0. The summed E-state index contributed by atoms with van der Waals surface area (Å²) in [5, 5.41) is 40.5. The van der Waals surface area contributed by atoms with Gasteiger partial charge in [0.25, 0.3) is 5.91 Å². The number of hydroxylamine groups is 2. The first kappa shape index (κ1) is 51.6. The third-order valence-corrected chi connectivity index (χ3v) is 12.1. The number of ether oxygens (including phenoxy) is 1. The number of hydrogen-bond donors (Lipinski definition) is 6. The number of aliphatic hydroxyl groups excluding tert-OH is 2. The Hall–Kier alpha value is -5.04. The van der Waals surface area contributed by atoms with Crippen LogP contribution in [0.5, 0.6) is 5.75 Å². The van der Waals surface area contributed by atoms with Gasteiger partial charge in [0.2, 0.25) is 17.7 Å². The first-order valence-electron chi connectivity index (χ1n) is 22.1. The first-order valence-corrected chi connectivity index (χ1v) is 22.1. The number of hydrogen-bond acceptors (Lipinski definition) is 12. The Morgan fingerprint density at radius 3 is 2.38 bits per heavy atom. The van der Waals surface area contributed by atoms with Crippen molar-refractivity contribution >= 4 is 35.4 Å². The lowest BCUT2D eigenvalue weighted by Gasteiger charge is -2.36. The van der Waals surface area contributed by atoms with Crippen LogP contribution in [0.2, 0.25) is 0 Å². The molecule has 6 N–H and O–H groups in total. The summed E-state index contributed by atoms with van der Waals surface area (Å²) in [4.78, 5) is 86.8. The van der Waals surface area contributed by atoms with Gasteiger partial charge < -0.3 is 35.5 Å². The predicted molar refractivity (Wildman–Crippen MR) is 230 cm³/mol. The van der Waals surface area contributed by atoms with E-state index in [0.717, 1.165) is 35.6 Å². The number of halogens is 2. The zero-order valence-electron chi connectivity index (χ0n) is 37.6. The van der Waals surface area contributed by atoms with E-state index in [-0.39, 0.29) is 55.9 Å². The Balaban J connectivity index is 1.72. The van der Waals surface area contributed by atoms with Crippen molar-refractivity contribution in [3.05, 3.63) is 65.3 Å². The molecule has 0 spiro atoms. The second-order valence-corrected chi connectivity index (χ2v) is 17.4. The molecule has 3 aliphatic heterocycles. The molecule has 9 atom stereocenters. The van der Waals surface area contributed by atoms with Gasteiger partial charge in [-0.3, -0.25) is 33.8 Å². The van der Waals surface area contributed by atoms with Crippen molar-refractivity contribution in [2.24, 2.45) is 23.7 Å². The van der Waals surface area contributed by atoms with E-state index in [0.29, 0.717) is 19.6 Å². The Bertz CT molecular complexity index is 1900. The molecule has 1 aromatic rings. The molecule has 9 unspecified atom stereocenters. The molecule has 2 fully saturated rings. The highest BCUT2D eigenvalue weighted by Crippen LogP contribution is 2.27. The largest absolute Gasteiger partial charge is 0.505 e. The number of benzene rings is 1. The summed E-state index contributed by atoms with van der Waals surface area (Å²) in [6, 6.07) is -2.17. The molecular formula is C46H65F2N5O11. The van der Waals surface area contributed by atoms with Crippen molar-refractivity contribution in [3.8, 4) is 5.75 Å². The zero-order valence-corrected chi connectivity index (χ0v) is 37.6. The Morgan fingerprint density at radius 1 is 0.984 bits per heavy atom. The topological polar surface area (TPSA) is 224 Å². The molecule has 2 bridgehead atoms. The highest BCUT2D eigenvalue weighted by atomic mass is 19.2. The summed E-state index contributed by atoms with van der Waals surface area (Å²) in [5.74, 6) is -10.7. The number of phenols is 1. The van der Waals surface area contributed by atoms with Crippen LogP contribution in [-0.4, -0.2) is 117 Å². The number of Topliss-reactive ketones (excluding diaryl/α,β-unsaturated/α-hetero) is 1. The smallest absolute Gasteiger partial charge is 0.325 e. The monoisotopic (exact) mass is 901 g/mol. The predicted octanol–water partition coefficient (Wildman–Crippen LogP) is 3.63. The summed E-state index contributed by atoms with van der Waals surface area (Å²) in [6.45, 7) is 10.8. The van der Waals surface area contributed by atoms with E-state index >= 15 is 0 Å². The maximum absolute atomic E-state index is 14.5. The molecule has 64 heavy (non-hydrogen) atoms. The Labute approximate surface area is 373 Å². The number of allylic oxidation sites excluding steroid dienone is 2. The van der Waals surface area contributed by atoms with Gasteiger partial charge in [0.1, 0.15) is 30.0 Å². The van der Waals surface area contributed by atoms with Crippen molar-refractivity contribution in [2.45, 2.75) is 136 Å². The molecule has 3 aliphatic rings. The summed E-state index contributed by atoms with van der Waals surface area (Å²) in [5.41, 5.74) is 3.63. The number of nitrogens with zero attached hydrogens (tertiary/aromatic N) is 2. The third-order valence-electron chi connectivity index (χ3n) is 12.1.